The summed E-state index contributed by atoms with van der Waals surface area (Å²) in [6.45, 7) is 9.67. The van der Waals surface area contributed by atoms with Crippen LogP contribution in [0.2, 0.25) is 0 Å². The highest BCUT2D eigenvalue weighted by Gasteiger charge is 2.72. The van der Waals surface area contributed by atoms with Gasteiger partial charge in [-0.2, -0.15) is 0 Å². The molecule has 2 fully saturated rings. The lowest BCUT2D eigenvalue weighted by atomic mass is 9.86. The molecule has 21 heavy (non-hydrogen) atoms. The minimum Gasteiger partial charge on any atom is -0.358 e. The fourth-order valence-corrected chi connectivity index (χ4v) is 3.16. The Kier molecular flexibility index (Phi) is 4.06. The standard InChI is InChI=1S/C9H14O3.C7H6BrF/c1-7(2)6(10)9(5-11-9)8(3,4)12-7;1-5-4-6(8)2-3-7(5)9/h5H2,1-4H3;2-4H,1H3. The molecule has 2 saturated heterocycles. The number of rotatable bonds is 0. The highest BCUT2D eigenvalue weighted by atomic mass is 79.9. The molecule has 0 amide bonds. The third kappa shape index (κ3) is 2.91. The molecule has 2 aliphatic heterocycles. The van der Waals surface area contributed by atoms with E-state index in [0.717, 1.165) is 4.47 Å². The summed E-state index contributed by atoms with van der Waals surface area (Å²) in [6.07, 6.45) is 0. The van der Waals surface area contributed by atoms with Gasteiger partial charge in [0.1, 0.15) is 17.0 Å². The van der Waals surface area contributed by atoms with E-state index in [4.69, 9.17) is 9.47 Å². The van der Waals surface area contributed by atoms with Crippen molar-refractivity contribution < 1.29 is 18.7 Å². The van der Waals surface area contributed by atoms with Crippen LogP contribution in [0.5, 0.6) is 0 Å². The van der Waals surface area contributed by atoms with E-state index in [-0.39, 0.29) is 11.6 Å². The zero-order chi connectivity index (χ0) is 16.1. The lowest BCUT2D eigenvalue weighted by Crippen LogP contribution is -2.40. The van der Waals surface area contributed by atoms with Gasteiger partial charge in [0.2, 0.25) is 5.78 Å². The molecule has 0 radical (unpaired) electrons. The summed E-state index contributed by atoms with van der Waals surface area (Å²) in [5.41, 5.74) is -1.10. The van der Waals surface area contributed by atoms with Crippen LogP contribution in [-0.4, -0.2) is 29.2 Å². The van der Waals surface area contributed by atoms with E-state index in [1.807, 2.05) is 13.8 Å². The van der Waals surface area contributed by atoms with Crippen LogP contribution >= 0.6 is 15.9 Å². The molecule has 1 unspecified atom stereocenters. The topological polar surface area (TPSA) is 38.8 Å². The first kappa shape index (κ1) is 16.6. The van der Waals surface area contributed by atoms with Crippen LogP contribution in [0.1, 0.15) is 33.3 Å². The number of hydrogen-bond acceptors (Lipinski definition) is 3. The SMILES string of the molecule is CC1(C)OC(C)(C)C2(CO2)C1=O.Cc1cc(Br)ccc1F. The fraction of sp³-hybridized carbons (Fsp3) is 0.562. The molecule has 0 N–H and O–H groups in total. The molecular formula is C16H20BrFO3. The Bertz CT molecular complexity index is 577. The monoisotopic (exact) mass is 358 g/mol. The number of hydrogen-bond donors (Lipinski definition) is 0. The molecule has 1 aromatic carbocycles. The molecule has 0 aromatic heterocycles. The van der Waals surface area contributed by atoms with Crippen molar-refractivity contribution in [1.29, 1.82) is 0 Å². The van der Waals surface area contributed by atoms with Crippen molar-refractivity contribution in [1.82, 2.24) is 0 Å². The van der Waals surface area contributed by atoms with E-state index in [2.05, 4.69) is 15.9 Å². The summed E-state index contributed by atoms with van der Waals surface area (Å²) in [5.74, 6) is -0.0711. The smallest absolute Gasteiger partial charge is 0.201 e. The van der Waals surface area contributed by atoms with Crippen molar-refractivity contribution in [3.05, 3.63) is 34.1 Å². The zero-order valence-electron chi connectivity index (χ0n) is 12.9. The predicted octanol–water partition coefficient (Wildman–Crippen LogP) is 3.81. The molecule has 2 aliphatic rings. The molecule has 0 bridgehead atoms. The largest absolute Gasteiger partial charge is 0.358 e. The van der Waals surface area contributed by atoms with Crippen molar-refractivity contribution in [3.8, 4) is 0 Å². The summed E-state index contributed by atoms with van der Waals surface area (Å²) < 4.78 is 24.3. The predicted molar refractivity (Wildman–Crippen MR) is 81.8 cm³/mol. The summed E-state index contributed by atoms with van der Waals surface area (Å²) in [4.78, 5) is 11.8. The lowest BCUT2D eigenvalue weighted by Gasteiger charge is -2.23. The third-order valence-corrected chi connectivity index (χ3v) is 4.44. The van der Waals surface area contributed by atoms with Crippen LogP contribution in [0, 0.1) is 12.7 Å². The van der Waals surface area contributed by atoms with Crippen molar-refractivity contribution >= 4 is 21.7 Å². The number of carbonyl (C=O) groups excluding carboxylic acids is 1. The Morgan fingerprint density at radius 1 is 1.24 bits per heavy atom. The molecule has 3 nitrogen and oxygen atoms in total. The van der Waals surface area contributed by atoms with Crippen molar-refractivity contribution in [2.45, 2.75) is 51.4 Å². The quantitative estimate of drug-likeness (QED) is 0.662. The second-order valence-electron chi connectivity index (χ2n) is 6.46. The number of ketones is 1. The third-order valence-electron chi connectivity index (χ3n) is 3.95. The van der Waals surface area contributed by atoms with E-state index < -0.39 is 16.8 Å². The van der Waals surface area contributed by atoms with Gasteiger partial charge < -0.3 is 9.47 Å². The fourth-order valence-electron chi connectivity index (χ4n) is 2.69. The van der Waals surface area contributed by atoms with Gasteiger partial charge in [0, 0.05) is 4.47 Å². The maximum atomic E-state index is 12.5. The second kappa shape index (κ2) is 5.14. The van der Waals surface area contributed by atoms with Gasteiger partial charge in [-0.3, -0.25) is 4.79 Å². The molecule has 0 aliphatic carbocycles. The van der Waals surface area contributed by atoms with Crippen LogP contribution in [0.25, 0.3) is 0 Å². The number of aryl methyl sites for hydroxylation is 1. The first-order valence-corrected chi connectivity index (χ1v) is 7.62. The Morgan fingerprint density at radius 3 is 2.10 bits per heavy atom. The summed E-state index contributed by atoms with van der Waals surface area (Å²) in [7, 11) is 0. The normalized spacial score (nSPS) is 28.2. The molecule has 1 atom stereocenters. The molecule has 1 spiro atoms. The molecule has 0 saturated carbocycles. The van der Waals surface area contributed by atoms with Crippen LogP contribution in [0.4, 0.5) is 4.39 Å². The Hall–Kier alpha value is -0.780. The van der Waals surface area contributed by atoms with Gasteiger partial charge in [0.15, 0.2) is 5.60 Å². The van der Waals surface area contributed by atoms with E-state index >= 15 is 0 Å². The Labute approximate surface area is 132 Å². The van der Waals surface area contributed by atoms with Gasteiger partial charge in [-0.1, -0.05) is 15.9 Å². The van der Waals surface area contributed by atoms with Crippen LogP contribution in [-0.2, 0) is 14.3 Å². The van der Waals surface area contributed by atoms with Crippen molar-refractivity contribution in [3.63, 3.8) is 0 Å². The summed E-state index contributed by atoms with van der Waals surface area (Å²) in [6, 6.07) is 4.87. The number of halogens is 2. The van der Waals surface area contributed by atoms with Gasteiger partial charge in [-0.15, -0.1) is 0 Å². The molecule has 3 rings (SSSR count). The number of benzene rings is 1. The van der Waals surface area contributed by atoms with Gasteiger partial charge in [0.25, 0.3) is 0 Å². The number of epoxide rings is 1. The maximum absolute atomic E-state index is 12.5. The van der Waals surface area contributed by atoms with Crippen LogP contribution < -0.4 is 0 Å². The summed E-state index contributed by atoms with van der Waals surface area (Å²) in [5, 5.41) is 0. The highest BCUT2D eigenvalue weighted by Crippen LogP contribution is 2.51. The Balaban J connectivity index is 0.000000161. The van der Waals surface area contributed by atoms with E-state index in [0.29, 0.717) is 12.2 Å². The zero-order valence-corrected chi connectivity index (χ0v) is 14.5. The molecular weight excluding hydrogens is 339 g/mol. The van der Waals surface area contributed by atoms with Gasteiger partial charge in [0.05, 0.1) is 6.61 Å². The molecule has 1 aromatic rings. The first-order chi connectivity index (χ1) is 9.52. The molecule has 5 heteroatoms. The highest BCUT2D eigenvalue weighted by molar-refractivity contribution is 9.10. The summed E-state index contributed by atoms with van der Waals surface area (Å²) >= 11 is 3.23. The average molecular weight is 359 g/mol. The van der Waals surface area contributed by atoms with Crippen LogP contribution in [0.3, 0.4) is 0 Å². The second-order valence-corrected chi connectivity index (χ2v) is 7.38. The lowest BCUT2D eigenvalue weighted by molar-refractivity contribution is -0.132. The minimum absolute atomic E-state index is 0.0833. The Morgan fingerprint density at radius 2 is 1.81 bits per heavy atom. The van der Waals surface area contributed by atoms with E-state index in [1.54, 1.807) is 32.9 Å². The molecule has 116 valence electrons. The van der Waals surface area contributed by atoms with Crippen molar-refractivity contribution in [2.24, 2.45) is 0 Å². The van der Waals surface area contributed by atoms with E-state index in [9.17, 15) is 9.18 Å². The average Bonchev–Trinajstić information content (AvgIpc) is 3.12. The van der Waals surface area contributed by atoms with Crippen molar-refractivity contribution in [2.75, 3.05) is 6.61 Å². The number of ether oxygens (including phenoxy) is 2. The van der Waals surface area contributed by atoms with Gasteiger partial charge in [-0.25, -0.2) is 4.39 Å². The first-order valence-electron chi connectivity index (χ1n) is 6.82. The molecule has 2 heterocycles. The van der Waals surface area contributed by atoms with E-state index in [1.165, 1.54) is 6.07 Å². The maximum Gasteiger partial charge on any atom is 0.201 e. The van der Waals surface area contributed by atoms with Crippen LogP contribution in [0.15, 0.2) is 22.7 Å². The van der Waals surface area contributed by atoms with Gasteiger partial charge in [-0.05, 0) is 58.4 Å². The minimum atomic E-state index is -0.681. The van der Waals surface area contributed by atoms with Gasteiger partial charge >= 0.3 is 0 Å². The number of Topliss-reactive ketones (excluding diaryl/α,β-unsaturated/α-hetero) is 1. The number of carbonyl (C=O) groups is 1.